The van der Waals surface area contributed by atoms with Crippen LogP contribution in [0, 0.1) is 17.0 Å². The maximum absolute atomic E-state index is 12.8. The van der Waals surface area contributed by atoms with Crippen LogP contribution < -0.4 is 15.4 Å². The maximum atomic E-state index is 12.8. The van der Waals surface area contributed by atoms with E-state index in [1.165, 1.54) is 25.3 Å². The number of nitro benzene ring substituents is 1. The molecule has 0 aliphatic heterocycles. The molecule has 0 aliphatic rings. The molecule has 0 atom stereocenters. The highest BCUT2D eigenvalue weighted by Crippen LogP contribution is 2.25. The highest BCUT2D eigenvalue weighted by molar-refractivity contribution is 6.12. The van der Waals surface area contributed by atoms with Gasteiger partial charge >= 0.3 is 0 Å². The van der Waals surface area contributed by atoms with E-state index in [0.717, 1.165) is 0 Å². The van der Waals surface area contributed by atoms with Gasteiger partial charge in [0.2, 0.25) is 0 Å². The van der Waals surface area contributed by atoms with Crippen molar-refractivity contribution in [2.45, 2.75) is 6.92 Å². The number of ether oxygens (including phenoxy) is 1. The number of methoxy groups -OCH3 is 1. The zero-order chi connectivity index (χ0) is 21.7. The molecule has 0 aromatic heterocycles. The second-order valence-corrected chi connectivity index (χ2v) is 6.41. The van der Waals surface area contributed by atoms with Crippen LogP contribution in [0.25, 0.3) is 0 Å². The lowest BCUT2D eigenvalue weighted by molar-refractivity contribution is -0.385. The molecule has 8 nitrogen and oxygen atoms in total. The molecule has 0 radical (unpaired) electrons. The Balaban J connectivity index is 1.83. The fourth-order valence-corrected chi connectivity index (χ4v) is 2.92. The van der Waals surface area contributed by atoms with Crippen molar-refractivity contribution in [2.24, 2.45) is 0 Å². The van der Waals surface area contributed by atoms with Crippen molar-refractivity contribution in [3.05, 3.63) is 93.5 Å². The molecule has 3 aromatic rings. The second-order valence-electron chi connectivity index (χ2n) is 6.41. The first-order valence-electron chi connectivity index (χ1n) is 9.00. The quantitative estimate of drug-likeness (QED) is 0.466. The number of nitrogens with zero attached hydrogens (tertiary/aromatic N) is 1. The molecular weight excluding hydrogens is 386 g/mol. The highest BCUT2D eigenvalue weighted by atomic mass is 16.6. The molecule has 0 aliphatic carbocycles. The van der Waals surface area contributed by atoms with Gasteiger partial charge in [0.05, 0.1) is 29.0 Å². The first kappa shape index (κ1) is 20.5. The van der Waals surface area contributed by atoms with Gasteiger partial charge in [-0.15, -0.1) is 0 Å². The summed E-state index contributed by atoms with van der Waals surface area (Å²) in [4.78, 5) is 35.9. The number of rotatable bonds is 6. The van der Waals surface area contributed by atoms with Crippen LogP contribution >= 0.6 is 0 Å². The fraction of sp³-hybridized carbons (Fsp3) is 0.0909. The minimum atomic E-state index is -0.505. The van der Waals surface area contributed by atoms with Crippen molar-refractivity contribution in [2.75, 3.05) is 17.7 Å². The van der Waals surface area contributed by atoms with Crippen molar-refractivity contribution < 1.29 is 19.2 Å². The SMILES string of the molecule is COc1ccccc1NC(=O)c1ccccc1NC(=O)c1ccc([N+](=O)[O-])c(C)c1. The highest BCUT2D eigenvalue weighted by Gasteiger charge is 2.17. The van der Waals surface area contributed by atoms with Crippen molar-refractivity contribution in [1.29, 1.82) is 0 Å². The smallest absolute Gasteiger partial charge is 0.272 e. The van der Waals surface area contributed by atoms with E-state index in [9.17, 15) is 19.7 Å². The minimum absolute atomic E-state index is 0.0665. The first-order chi connectivity index (χ1) is 14.4. The van der Waals surface area contributed by atoms with Gasteiger partial charge in [-0.2, -0.15) is 0 Å². The van der Waals surface area contributed by atoms with Gasteiger partial charge in [0.1, 0.15) is 5.75 Å². The van der Waals surface area contributed by atoms with Crippen LogP contribution in [-0.4, -0.2) is 23.8 Å². The van der Waals surface area contributed by atoms with E-state index >= 15 is 0 Å². The van der Waals surface area contributed by atoms with Gasteiger partial charge in [-0.1, -0.05) is 24.3 Å². The molecular formula is C22H19N3O5. The zero-order valence-electron chi connectivity index (χ0n) is 16.3. The summed E-state index contributed by atoms with van der Waals surface area (Å²) in [6, 6.07) is 17.6. The largest absolute Gasteiger partial charge is 0.495 e. The van der Waals surface area contributed by atoms with Crippen LogP contribution in [0.15, 0.2) is 66.7 Å². The Labute approximate surface area is 172 Å². The molecule has 3 aromatic carbocycles. The third kappa shape index (κ3) is 4.44. The van der Waals surface area contributed by atoms with E-state index in [1.54, 1.807) is 55.5 Å². The molecule has 0 heterocycles. The van der Waals surface area contributed by atoms with E-state index in [-0.39, 0.29) is 16.8 Å². The average Bonchev–Trinajstić information content (AvgIpc) is 2.74. The summed E-state index contributed by atoms with van der Waals surface area (Å²) in [5.74, 6) is -0.394. The van der Waals surface area contributed by atoms with E-state index in [0.29, 0.717) is 22.7 Å². The molecule has 0 unspecified atom stereocenters. The zero-order valence-corrected chi connectivity index (χ0v) is 16.3. The summed E-state index contributed by atoms with van der Waals surface area (Å²) >= 11 is 0. The summed E-state index contributed by atoms with van der Waals surface area (Å²) in [7, 11) is 1.51. The standard InChI is InChI=1S/C22H19N3O5/c1-14-13-15(11-12-19(14)25(28)29)21(26)23-17-8-4-3-7-16(17)22(27)24-18-9-5-6-10-20(18)30-2/h3-13H,1-2H3,(H,23,26)(H,24,27). The number of hydrogen-bond donors (Lipinski definition) is 2. The van der Waals surface area contributed by atoms with Gasteiger partial charge in [-0.25, -0.2) is 0 Å². The summed E-state index contributed by atoms with van der Waals surface area (Å²) in [5.41, 5.74) is 1.62. The minimum Gasteiger partial charge on any atom is -0.495 e. The Morgan fingerprint density at radius 3 is 2.20 bits per heavy atom. The first-order valence-corrected chi connectivity index (χ1v) is 9.00. The predicted octanol–water partition coefficient (Wildman–Crippen LogP) is 4.42. The lowest BCUT2D eigenvalue weighted by atomic mass is 10.1. The van der Waals surface area contributed by atoms with Gasteiger partial charge in [0, 0.05) is 17.2 Å². The number of carbonyl (C=O) groups excluding carboxylic acids is 2. The molecule has 30 heavy (non-hydrogen) atoms. The lowest BCUT2D eigenvalue weighted by Gasteiger charge is -2.13. The van der Waals surface area contributed by atoms with Crippen molar-refractivity contribution in [3.8, 4) is 5.75 Å². The molecule has 0 fully saturated rings. The Kier molecular flexibility index (Phi) is 6.07. The maximum Gasteiger partial charge on any atom is 0.272 e. The molecule has 2 N–H and O–H groups in total. The Bertz CT molecular complexity index is 1130. The number of nitrogens with one attached hydrogen (secondary N) is 2. The van der Waals surface area contributed by atoms with E-state index < -0.39 is 16.7 Å². The molecule has 0 bridgehead atoms. The molecule has 3 rings (SSSR count). The number of amides is 2. The van der Waals surface area contributed by atoms with E-state index in [2.05, 4.69) is 10.6 Å². The van der Waals surface area contributed by atoms with Crippen LogP contribution in [0.4, 0.5) is 17.1 Å². The number of anilines is 2. The van der Waals surface area contributed by atoms with Crippen molar-refractivity contribution in [1.82, 2.24) is 0 Å². The summed E-state index contributed by atoms with van der Waals surface area (Å²) in [5, 5.41) is 16.4. The molecule has 0 saturated carbocycles. The van der Waals surface area contributed by atoms with Gasteiger partial charge in [-0.05, 0) is 43.3 Å². The lowest BCUT2D eigenvalue weighted by Crippen LogP contribution is -2.18. The fourth-order valence-electron chi connectivity index (χ4n) is 2.92. The number of aryl methyl sites for hydroxylation is 1. The Hall–Kier alpha value is -4.20. The molecule has 152 valence electrons. The normalized spacial score (nSPS) is 10.2. The van der Waals surface area contributed by atoms with Crippen LogP contribution in [-0.2, 0) is 0 Å². The summed E-state index contributed by atoms with van der Waals surface area (Å²) in [6.07, 6.45) is 0. The van der Waals surface area contributed by atoms with Gasteiger partial charge < -0.3 is 15.4 Å². The van der Waals surface area contributed by atoms with Crippen LogP contribution in [0.5, 0.6) is 5.75 Å². The van der Waals surface area contributed by atoms with E-state index in [4.69, 9.17) is 4.74 Å². The summed E-state index contributed by atoms with van der Waals surface area (Å²) in [6.45, 7) is 1.56. The number of nitro groups is 1. The van der Waals surface area contributed by atoms with Crippen molar-refractivity contribution in [3.63, 3.8) is 0 Å². The molecule has 0 saturated heterocycles. The van der Waals surface area contributed by atoms with Crippen molar-refractivity contribution >= 4 is 28.9 Å². The Morgan fingerprint density at radius 2 is 1.53 bits per heavy atom. The van der Waals surface area contributed by atoms with E-state index in [1.807, 2.05) is 0 Å². The number of carbonyl (C=O) groups is 2. The molecule has 0 spiro atoms. The van der Waals surface area contributed by atoms with Crippen LogP contribution in [0.3, 0.4) is 0 Å². The summed E-state index contributed by atoms with van der Waals surface area (Å²) < 4.78 is 5.24. The average molecular weight is 405 g/mol. The number of benzene rings is 3. The topological polar surface area (TPSA) is 111 Å². The van der Waals surface area contributed by atoms with Gasteiger partial charge in [-0.3, -0.25) is 19.7 Å². The van der Waals surface area contributed by atoms with Gasteiger partial charge in [0.25, 0.3) is 17.5 Å². The van der Waals surface area contributed by atoms with Crippen LogP contribution in [0.2, 0.25) is 0 Å². The molecule has 8 heteroatoms. The third-order valence-corrected chi connectivity index (χ3v) is 4.43. The number of hydrogen-bond acceptors (Lipinski definition) is 5. The predicted molar refractivity (Wildman–Crippen MR) is 113 cm³/mol. The van der Waals surface area contributed by atoms with Crippen LogP contribution in [0.1, 0.15) is 26.3 Å². The second kappa shape index (κ2) is 8.87. The Morgan fingerprint density at radius 1 is 0.900 bits per heavy atom. The molecule has 2 amide bonds. The monoisotopic (exact) mass is 405 g/mol. The third-order valence-electron chi connectivity index (χ3n) is 4.43. The van der Waals surface area contributed by atoms with Gasteiger partial charge in [0.15, 0.2) is 0 Å². The number of para-hydroxylation sites is 3.